The number of hydrogen-bond acceptors (Lipinski definition) is 4. The van der Waals surface area contributed by atoms with Crippen molar-refractivity contribution in [1.29, 1.82) is 0 Å². The van der Waals surface area contributed by atoms with Gasteiger partial charge >= 0.3 is 6.18 Å². The third kappa shape index (κ3) is 5.10. The van der Waals surface area contributed by atoms with Gasteiger partial charge < -0.3 is 10.6 Å². The van der Waals surface area contributed by atoms with Crippen molar-refractivity contribution in [1.82, 2.24) is 19.6 Å². The maximum atomic E-state index is 13.3. The van der Waals surface area contributed by atoms with Gasteiger partial charge in [-0.2, -0.15) is 23.4 Å². The van der Waals surface area contributed by atoms with Crippen molar-refractivity contribution in [2.75, 3.05) is 10.6 Å². The molecule has 2 aromatic heterocycles. The predicted octanol–water partition coefficient (Wildman–Crippen LogP) is 4.65. The number of hydrogen-bond donors (Lipinski definition) is 2. The van der Waals surface area contributed by atoms with Crippen molar-refractivity contribution in [3.8, 4) is 0 Å². The molecule has 2 amide bonds. The molecule has 1 aliphatic carbocycles. The van der Waals surface area contributed by atoms with Gasteiger partial charge in [-0.05, 0) is 60.0 Å². The lowest BCUT2D eigenvalue weighted by Crippen LogP contribution is -2.21. The number of carbonyl (C=O) groups excluding carboxylic acids is 2. The highest BCUT2D eigenvalue weighted by Gasteiger charge is 2.42. The van der Waals surface area contributed by atoms with Crippen molar-refractivity contribution >= 4 is 39.1 Å². The summed E-state index contributed by atoms with van der Waals surface area (Å²) in [5.41, 5.74) is 0.571. The lowest BCUT2D eigenvalue weighted by atomic mass is 10.2. The molecule has 1 fully saturated rings. The Balaban J connectivity index is 1.46. The van der Waals surface area contributed by atoms with Gasteiger partial charge in [0.05, 0.1) is 10.2 Å². The molecule has 0 aliphatic heterocycles. The summed E-state index contributed by atoms with van der Waals surface area (Å²) in [4.78, 5) is 25.1. The summed E-state index contributed by atoms with van der Waals surface area (Å²) < 4.78 is 42.3. The first-order chi connectivity index (χ1) is 15.7. The Morgan fingerprint density at radius 1 is 1.15 bits per heavy atom. The Kier molecular flexibility index (Phi) is 6.28. The van der Waals surface area contributed by atoms with E-state index in [-0.39, 0.29) is 22.8 Å². The molecule has 2 N–H and O–H groups in total. The van der Waals surface area contributed by atoms with E-state index in [1.807, 2.05) is 6.92 Å². The maximum absolute atomic E-state index is 13.3. The molecule has 1 saturated carbocycles. The molecule has 1 aromatic carbocycles. The Morgan fingerprint density at radius 3 is 2.48 bits per heavy atom. The molecule has 0 atom stereocenters. The van der Waals surface area contributed by atoms with Gasteiger partial charge in [0.1, 0.15) is 12.2 Å². The van der Waals surface area contributed by atoms with E-state index in [9.17, 15) is 22.8 Å². The van der Waals surface area contributed by atoms with Crippen LogP contribution in [0.1, 0.15) is 47.6 Å². The smallest absolute Gasteiger partial charge is 0.324 e. The second-order valence-corrected chi connectivity index (χ2v) is 8.39. The van der Waals surface area contributed by atoms with E-state index < -0.39 is 17.8 Å². The summed E-state index contributed by atoms with van der Waals surface area (Å²) in [6, 6.07) is 8.07. The molecule has 2 heterocycles. The highest BCUT2D eigenvalue weighted by molar-refractivity contribution is 9.10. The Hall–Kier alpha value is -3.15. The molecular weight excluding hydrogens is 505 g/mol. The van der Waals surface area contributed by atoms with Crippen LogP contribution in [-0.2, 0) is 24.1 Å². The van der Waals surface area contributed by atoms with Crippen LogP contribution in [0.25, 0.3) is 0 Å². The van der Waals surface area contributed by atoms with Crippen LogP contribution < -0.4 is 10.6 Å². The average molecular weight is 525 g/mol. The number of rotatable bonds is 7. The number of benzene rings is 1. The fourth-order valence-corrected chi connectivity index (χ4v) is 4.32. The number of aryl methyl sites for hydroxylation is 1. The lowest BCUT2D eigenvalue weighted by molar-refractivity contribution is -0.142. The highest BCUT2D eigenvalue weighted by Crippen LogP contribution is 2.46. The van der Waals surface area contributed by atoms with Gasteiger partial charge in [-0.15, -0.1) is 0 Å². The number of anilines is 2. The van der Waals surface area contributed by atoms with Crippen LogP contribution in [0.5, 0.6) is 0 Å². The number of amides is 2. The molecule has 0 unspecified atom stereocenters. The van der Waals surface area contributed by atoms with Gasteiger partial charge in [0, 0.05) is 30.0 Å². The van der Waals surface area contributed by atoms with E-state index in [1.54, 1.807) is 35.0 Å². The fourth-order valence-electron chi connectivity index (χ4n) is 3.49. The molecular formula is C21H20BrF3N6O2. The summed E-state index contributed by atoms with van der Waals surface area (Å²) in [5, 5.41) is 13.1. The summed E-state index contributed by atoms with van der Waals surface area (Å²) in [6.45, 7) is 2.03. The molecule has 0 spiro atoms. The molecule has 12 heteroatoms. The van der Waals surface area contributed by atoms with Crippen molar-refractivity contribution in [3.05, 3.63) is 58.1 Å². The second kappa shape index (κ2) is 9.00. The van der Waals surface area contributed by atoms with Crippen LogP contribution >= 0.6 is 15.9 Å². The largest absolute Gasteiger partial charge is 0.436 e. The second-order valence-electron chi connectivity index (χ2n) is 7.59. The zero-order valence-electron chi connectivity index (χ0n) is 17.5. The quantitative estimate of drug-likeness (QED) is 0.470. The highest BCUT2D eigenvalue weighted by atomic mass is 79.9. The molecule has 174 valence electrons. The molecule has 0 radical (unpaired) electrons. The third-order valence-corrected chi connectivity index (χ3v) is 5.89. The van der Waals surface area contributed by atoms with Gasteiger partial charge in [0.25, 0.3) is 5.91 Å². The van der Waals surface area contributed by atoms with Crippen LogP contribution in [0.4, 0.5) is 24.5 Å². The Labute approximate surface area is 195 Å². The summed E-state index contributed by atoms with van der Waals surface area (Å²) in [7, 11) is 0. The molecule has 0 saturated heterocycles. The van der Waals surface area contributed by atoms with Gasteiger partial charge in [-0.1, -0.05) is 6.07 Å². The van der Waals surface area contributed by atoms with Crippen molar-refractivity contribution in [3.63, 3.8) is 0 Å². The first-order valence-electron chi connectivity index (χ1n) is 10.2. The molecule has 1 aliphatic rings. The van der Waals surface area contributed by atoms with Gasteiger partial charge in [0.2, 0.25) is 5.91 Å². The Morgan fingerprint density at radius 2 is 1.85 bits per heavy atom. The third-order valence-electron chi connectivity index (χ3n) is 5.11. The van der Waals surface area contributed by atoms with Crippen molar-refractivity contribution < 1.29 is 22.8 Å². The normalized spacial score (nSPS) is 13.7. The summed E-state index contributed by atoms with van der Waals surface area (Å²) in [6.07, 6.45) is -1.59. The van der Waals surface area contributed by atoms with Crippen molar-refractivity contribution in [2.45, 2.75) is 44.9 Å². The number of alkyl halides is 3. The van der Waals surface area contributed by atoms with E-state index in [4.69, 9.17) is 0 Å². The first-order valence-corrected chi connectivity index (χ1v) is 11.0. The van der Waals surface area contributed by atoms with Gasteiger partial charge in [-0.3, -0.25) is 19.0 Å². The molecule has 3 aromatic rings. The van der Waals surface area contributed by atoms with E-state index in [0.717, 1.165) is 17.5 Å². The van der Waals surface area contributed by atoms with E-state index in [1.165, 1.54) is 6.20 Å². The summed E-state index contributed by atoms with van der Waals surface area (Å²) >= 11 is 3.01. The number of halogens is 4. The van der Waals surface area contributed by atoms with Crippen LogP contribution in [0.2, 0.25) is 0 Å². The number of carbonyl (C=O) groups is 2. The topological polar surface area (TPSA) is 93.8 Å². The van der Waals surface area contributed by atoms with Crippen LogP contribution in [0, 0.1) is 0 Å². The average Bonchev–Trinajstić information content (AvgIpc) is 3.34. The Bertz CT molecular complexity index is 1200. The predicted molar refractivity (Wildman–Crippen MR) is 118 cm³/mol. The van der Waals surface area contributed by atoms with E-state index >= 15 is 0 Å². The zero-order chi connectivity index (χ0) is 23.8. The van der Waals surface area contributed by atoms with E-state index in [2.05, 4.69) is 36.8 Å². The molecule has 0 bridgehead atoms. The van der Waals surface area contributed by atoms with Crippen LogP contribution in [0.15, 0.2) is 41.0 Å². The lowest BCUT2D eigenvalue weighted by Gasteiger charge is -2.11. The van der Waals surface area contributed by atoms with Crippen molar-refractivity contribution in [2.24, 2.45) is 0 Å². The molecule has 8 nitrogen and oxygen atoms in total. The van der Waals surface area contributed by atoms with E-state index in [0.29, 0.717) is 29.3 Å². The minimum absolute atomic E-state index is 0.0501. The summed E-state index contributed by atoms with van der Waals surface area (Å²) in [5.74, 6) is -0.938. The number of nitrogens with zero attached hydrogens (tertiary/aromatic N) is 4. The molecule has 4 rings (SSSR count). The fraction of sp³-hybridized carbons (Fsp3) is 0.333. The van der Waals surface area contributed by atoms with Gasteiger partial charge in [-0.25, -0.2) is 0 Å². The SMILES string of the molecule is CCn1nccc1C(=O)Nc1cccc(NC(=O)Cn2nc(C(F)(F)F)c(Br)c2C2CC2)c1. The first kappa shape index (κ1) is 23.0. The van der Waals surface area contributed by atoms with Crippen LogP contribution in [-0.4, -0.2) is 31.4 Å². The number of nitrogens with one attached hydrogen (secondary N) is 2. The van der Waals surface area contributed by atoms with Gasteiger partial charge in [0.15, 0.2) is 5.69 Å². The number of aromatic nitrogens is 4. The minimum Gasteiger partial charge on any atom is -0.324 e. The zero-order valence-corrected chi connectivity index (χ0v) is 19.1. The molecule has 33 heavy (non-hydrogen) atoms. The monoisotopic (exact) mass is 524 g/mol. The minimum atomic E-state index is -4.62. The standard InChI is InChI=1S/C21H20BrF3N6O2/c1-2-30-15(8-9-26-30)20(33)28-14-5-3-4-13(10-14)27-16(32)11-31-18(12-6-7-12)17(22)19(29-31)21(23,24)25/h3-5,8-10,12H,2,6-7,11H2,1H3,(H,27,32)(H,28,33). The maximum Gasteiger partial charge on any atom is 0.436 e. The van der Waals surface area contributed by atoms with Crippen LogP contribution in [0.3, 0.4) is 0 Å².